The van der Waals surface area contributed by atoms with Gasteiger partial charge in [-0.15, -0.1) is 0 Å². The van der Waals surface area contributed by atoms with Crippen LogP contribution in [0.1, 0.15) is 56.6 Å². The maximum Gasteiger partial charge on any atom is 0.292 e. The molecule has 23 heavy (non-hydrogen) atoms. The second kappa shape index (κ2) is 7.02. The maximum absolute atomic E-state index is 13.1. The second-order valence-corrected chi connectivity index (χ2v) is 6.51. The van der Waals surface area contributed by atoms with Gasteiger partial charge in [-0.05, 0) is 25.3 Å². The van der Waals surface area contributed by atoms with E-state index in [1.54, 1.807) is 0 Å². The molecule has 4 heteroatoms. The number of anilines is 1. The molecule has 3 rings (SSSR count). The van der Waals surface area contributed by atoms with E-state index in [0.29, 0.717) is 13.2 Å². The molecule has 1 saturated heterocycles. The Labute approximate surface area is 138 Å². The highest BCUT2D eigenvalue weighted by atomic mass is 16.7. The molecule has 126 valence electrons. The number of aryl methyl sites for hydroxylation is 1. The number of nitrogens with zero attached hydrogens (tertiary/aromatic N) is 1. The van der Waals surface area contributed by atoms with Gasteiger partial charge in [0.15, 0.2) is 0 Å². The molecular formula is C19H27NO3. The summed E-state index contributed by atoms with van der Waals surface area (Å²) in [5.74, 6) is -1.24. The molecule has 1 aromatic rings. The zero-order valence-corrected chi connectivity index (χ0v) is 14.3. The van der Waals surface area contributed by atoms with E-state index in [1.165, 1.54) is 19.3 Å². The summed E-state index contributed by atoms with van der Waals surface area (Å²) in [6.07, 6.45) is 6.75. The molecule has 1 fully saturated rings. The van der Waals surface area contributed by atoms with Gasteiger partial charge in [-0.3, -0.25) is 4.79 Å². The Hall–Kier alpha value is -1.39. The van der Waals surface area contributed by atoms with Crippen molar-refractivity contribution in [1.82, 2.24) is 0 Å². The van der Waals surface area contributed by atoms with Crippen LogP contribution in [0.3, 0.4) is 0 Å². The summed E-state index contributed by atoms with van der Waals surface area (Å²) in [5, 5.41) is 0. The molecule has 0 atom stereocenters. The minimum Gasteiger partial charge on any atom is -0.338 e. The molecule has 0 aliphatic carbocycles. The van der Waals surface area contributed by atoms with Gasteiger partial charge < -0.3 is 14.4 Å². The molecule has 0 radical (unpaired) electrons. The second-order valence-electron chi connectivity index (χ2n) is 6.51. The van der Waals surface area contributed by atoms with Crippen LogP contribution in [0.15, 0.2) is 18.2 Å². The lowest BCUT2D eigenvalue weighted by atomic mass is 10.0. The standard InChI is InChI=1S/C19H27NO3/c1-3-4-5-6-7-12-20-17-15(2)10-8-11-16(17)19(18(20)21)22-13-9-14-23-19/h8,10-11H,3-7,9,12-14H2,1-2H3. The van der Waals surface area contributed by atoms with Crippen molar-refractivity contribution in [3.05, 3.63) is 29.3 Å². The van der Waals surface area contributed by atoms with Crippen molar-refractivity contribution in [3.8, 4) is 0 Å². The SMILES string of the molecule is CCCCCCCN1C(=O)C2(OCCCO2)c2cccc(C)c21. The first-order chi connectivity index (χ1) is 11.2. The fraction of sp³-hybridized carbons (Fsp3) is 0.632. The Morgan fingerprint density at radius 1 is 1.13 bits per heavy atom. The summed E-state index contributed by atoms with van der Waals surface area (Å²) >= 11 is 0. The van der Waals surface area contributed by atoms with Crippen LogP contribution in [0.2, 0.25) is 0 Å². The minimum atomic E-state index is -1.19. The number of carbonyl (C=O) groups excluding carboxylic acids is 1. The van der Waals surface area contributed by atoms with Crippen molar-refractivity contribution in [2.45, 2.75) is 58.2 Å². The molecule has 0 saturated carbocycles. The van der Waals surface area contributed by atoms with Crippen molar-refractivity contribution in [1.29, 1.82) is 0 Å². The average molecular weight is 317 g/mol. The number of rotatable bonds is 6. The number of amides is 1. The third-order valence-electron chi connectivity index (χ3n) is 4.77. The van der Waals surface area contributed by atoms with Crippen molar-refractivity contribution in [2.75, 3.05) is 24.7 Å². The first-order valence-corrected chi connectivity index (χ1v) is 8.90. The Morgan fingerprint density at radius 2 is 1.87 bits per heavy atom. The van der Waals surface area contributed by atoms with Gasteiger partial charge in [0.05, 0.1) is 18.9 Å². The van der Waals surface area contributed by atoms with Crippen LogP contribution < -0.4 is 4.90 Å². The van der Waals surface area contributed by atoms with E-state index in [0.717, 1.165) is 42.6 Å². The zero-order valence-electron chi connectivity index (χ0n) is 14.3. The summed E-state index contributed by atoms with van der Waals surface area (Å²) in [6.45, 7) is 6.16. The predicted octanol–water partition coefficient (Wildman–Crippen LogP) is 3.90. The first kappa shape index (κ1) is 16.5. The third kappa shape index (κ3) is 2.90. The van der Waals surface area contributed by atoms with E-state index < -0.39 is 5.79 Å². The minimum absolute atomic E-state index is 0.0445. The van der Waals surface area contributed by atoms with E-state index in [2.05, 4.69) is 19.9 Å². The summed E-state index contributed by atoms with van der Waals surface area (Å²) in [5.41, 5.74) is 2.99. The fourth-order valence-electron chi connectivity index (χ4n) is 3.58. The summed E-state index contributed by atoms with van der Waals surface area (Å²) in [6, 6.07) is 6.01. The van der Waals surface area contributed by atoms with Crippen LogP contribution in [-0.2, 0) is 20.1 Å². The Kier molecular flexibility index (Phi) is 5.02. The molecule has 1 aromatic carbocycles. The first-order valence-electron chi connectivity index (χ1n) is 8.90. The molecule has 1 spiro atoms. The Balaban J connectivity index is 1.82. The number of carbonyl (C=O) groups is 1. The zero-order chi connectivity index (χ0) is 16.3. The Morgan fingerprint density at radius 3 is 2.61 bits per heavy atom. The van der Waals surface area contributed by atoms with E-state index in [1.807, 2.05) is 17.0 Å². The van der Waals surface area contributed by atoms with Crippen LogP contribution in [0.25, 0.3) is 0 Å². The molecule has 2 aliphatic heterocycles. The molecule has 4 nitrogen and oxygen atoms in total. The van der Waals surface area contributed by atoms with Gasteiger partial charge in [-0.2, -0.15) is 0 Å². The van der Waals surface area contributed by atoms with Gasteiger partial charge in [0.25, 0.3) is 11.7 Å². The van der Waals surface area contributed by atoms with Gasteiger partial charge in [0.1, 0.15) is 0 Å². The number of para-hydroxylation sites is 1. The predicted molar refractivity (Wildman–Crippen MR) is 90.5 cm³/mol. The quantitative estimate of drug-likeness (QED) is 0.747. The molecule has 2 aliphatic rings. The van der Waals surface area contributed by atoms with E-state index in [9.17, 15) is 4.79 Å². The molecule has 0 aromatic heterocycles. The van der Waals surface area contributed by atoms with E-state index in [4.69, 9.17) is 9.47 Å². The smallest absolute Gasteiger partial charge is 0.292 e. The topological polar surface area (TPSA) is 38.8 Å². The number of hydrogen-bond donors (Lipinski definition) is 0. The number of ether oxygens (including phenoxy) is 2. The molecular weight excluding hydrogens is 290 g/mol. The van der Waals surface area contributed by atoms with Gasteiger partial charge in [-0.1, -0.05) is 50.8 Å². The molecule has 0 N–H and O–H groups in total. The number of unbranched alkanes of at least 4 members (excludes halogenated alkanes) is 4. The van der Waals surface area contributed by atoms with Crippen molar-refractivity contribution >= 4 is 11.6 Å². The van der Waals surface area contributed by atoms with E-state index >= 15 is 0 Å². The molecule has 0 unspecified atom stereocenters. The van der Waals surface area contributed by atoms with Crippen LogP contribution in [0.4, 0.5) is 5.69 Å². The largest absolute Gasteiger partial charge is 0.338 e. The van der Waals surface area contributed by atoms with Gasteiger partial charge in [-0.25, -0.2) is 0 Å². The molecule has 1 amide bonds. The van der Waals surface area contributed by atoms with Crippen molar-refractivity contribution in [3.63, 3.8) is 0 Å². The average Bonchev–Trinajstić information content (AvgIpc) is 2.79. The number of benzene rings is 1. The lowest BCUT2D eigenvalue weighted by molar-refractivity contribution is -0.256. The monoisotopic (exact) mass is 317 g/mol. The van der Waals surface area contributed by atoms with Crippen LogP contribution in [0.5, 0.6) is 0 Å². The van der Waals surface area contributed by atoms with Crippen molar-refractivity contribution < 1.29 is 14.3 Å². The molecule has 0 bridgehead atoms. The van der Waals surface area contributed by atoms with Crippen LogP contribution >= 0.6 is 0 Å². The molecule has 2 heterocycles. The van der Waals surface area contributed by atoms with Crippen molar-refractivity contribution in [2.24, 2.45) is 0 Å². The number of hydrogen-bond acceptors (Lipinski definition) is 3. The van der Waals surface area contributed by atoms with Crippen LogP contribution in [-0.4, -0.2) is 25.7 Å². The highest BCUT2D eigenvalue weighted by Gasteiger charge is 2.55. The van der Waals surface area contributed by atoms with Gasteiger partial charge in [0.2, 0.25) is 0 Å². The Bertz CT molecular complexity index is 564. The summed E-state index contributed by atoms with van der Waals surface area (Å²) < 4.78 is 11.8. The van der Waals surface area contributed by atoms with Crippen LogP contribution in [0, 0.1) is 6.92 Å². The highest BCUT2D eigenvalue weighted by Crippen LogP contribution is 2.46. The maximum atomic E-state index is 13.1. The highest BCUT2D eigenvalue weighted by molar-refractivity contribution is 6.06. The number of fused-ring (bicyclic) bond motifs is 2. The van der Waals surface area contributed by atoms with E-state index in [-0.39, 0.29) is 5.91 Å². The van der Waals surface area contributed by atoms with Gasteiger partial charge >= 0.3 is 0 Å². The lowest BCUT2D eigenvalue weighted by Gasteiger charge is -2.32. The summed E-state index contributed by atoms with van der Waals surface area (Å²) in [4.78, 5) is 15.0. The van der Waals surface area contributed by atoms with Gasteiger partial charge in [0, 0.05) is 12.1 Å². The normalized spacial score (nSPS) is 19.4. The third-order valence-corrected chi connectivity index (χ3v) is 4.77. The lowest BCUT2D eigenvalue weighted by Crippen LogP contribution is -2.47. The summed E-state index contributed by atoms with van der Waals surface area (Å²) in [7, 11) is 0. The fourth-order valence-corrected chi connectivity index (χ4v) is 3.58.